The highest BCUT2D eigenvalue weighted by molar-refractivity contribution is 5.86. The first-order valence-corrected chi connectivity index (χ1v) is 4.54. The molecule has 0 saturated carbocycles. The summed E-state index contributed by atoms with van der Waals surface area (Å²) in [6.07, 6.45) is -5.00. The van der Waals surface area contributed by atoms with Gasteiger partial charge in [-0.3, -0.25) is 0 Å². The standard InChI is InChI=1S/C8H12F3N3O2/c9-8(10,11)4-1-2-14(13)5(3-4)6(12)7(15)16/h4H,1-3,12-13H2,(H,15,16)/b6-5-. The number of carboxylic acids is 1. The van der Waals surface area contributed by atoms with Crippen molar-refractivity contribution in [3.63, 3.8) is 0 Å². The lowest BCUT2D eigenvalue weighted by Gasteiger charge is -2.33. The number of carboxylic acid groups (broad SMARTS) is 1. The SMILES string of the molecule is N/C(C(=O)O)=C1/CC(C(F)(F)F)CCN1N. The zero-order valence-electron chi connectivity index (χ0n) is 8.29. The van der Waals surface area contributed by atoms with Gasteiger partial charge in [0.05, 0.1) is 11.6 Å². The third kappa shape index (κ3) is 2.57. The average molecular weight is 239 g/mol. The topological polar surface area (TPSA) is 92.6 Å². The van der Waals surface area contributed by atoms with Crippen LogP contribution in [0, 0.1) is 5.92 Å². The minimum absolute atomic E-state index is 0.0620. The summed E-state index contributed by atoms with van der Waals surface area (Å²) in [7, 11) is 0. The van der Waals surface area contributed by atoms with Gasteiger partial charge in [0, 0.05) is 13.0 Å². The Balaban J connectivity index is 2.93. The maximum absolute atomic E-state index is 12.4. The van der Waals surface area contributed by atoms with Crippen LogP contribution in [0.25, 0.3) is 0 Å². The van der Waals surface area contributed by atoms with Crippen molar-refractivity contribution < 1.29 is 23.1 Å². The predicted molar refractivity (Wildman–Crippen MR) is 48.5 cm³/mol. The van der Waals surface area contributed by atoms with E-state index < -0.39 is 30.2 Å². The second-order valence-electron chi connectivity index (χ2n) is 3.59. The summed E-state index contributed by atoms with van der Waals surface area (Å²) in [4.78, 5) is 10.6. The Morgan fingerprint density at radius 2 is 2.06 bits per heavy atom. The number of aliphatic carboxylic acids is 1. The number of allylic oxidation sites excluding steroid dienone is 1. The Morgan fingerprint density at radius 1 is 1.50 bits per heavy atom. The van der Waals surface area contributed by atoms with Gasteiger partial charge in [-0.2, -0.15) is 13.2 Å². The zero-order valence-corrected chi connectivity index (χ0v) is 8.29. The van der Waals surface area contributed by atoms with Gasteiger partial charge in [-0.15, -0.1) is 0 Å². The Labute approximate surface area is 89.5 Å². The Kier molecular flexibility index (Phi) is 3.32. The van der Waals surface area contributed by atoms with E-state index in [-0.39, 0.29) is 18.7 Å². The molecule has 0 aliphatic carbocycles. The number of alkyl halides is 3. The molecule has 1 aliphatic heterocycles. The van der Waals surface area contributed by atoms with Gasteiger partial charge < -0.3 is 15.8 Å². The summed E-state index contributed by atoms with van der Waals surface area (Å²) in [6.45, 7) is -0.0620. The number of nitrogens with two attached hydrogens (primary N) is 2. The quantitative estimate of drug-likeness (QED) is 0.454. The van der Waals surface area contributed by atoms with Crippen LogP contribution in [0.4, 0.5) is 13.2 Å². The average Bonchev–Trinajstić information content (AvgIpc) is 2.15. The van der Waals surface area contributed by atoms with E-state index in [0.717, 1.165) is 5.01 Å². The summed E-state index contributed by atoms with van der Waals surface area (Å²) in [5, 5.41) is 9.56. The number of halogens is 3. The lowest BCUT2D eigenvalue weighted by atomic mass is 9.93. The number of nitrogens with zero attached hydrogens (tertiary/aromatic N) is 1. The van der Waals surface area contributed by atoms with Crippen LogP contribution < -0.4 is 11.6 Å². The van der Waals surface area contributed by atoms with E-state index >= 15 is 0 Å². The first kappa shape index (κ1) is 12.6. The van der Waals surface area contributed by atoms with Gasteiger partial charge in [-0.1, -0.05) is 0 Å². The minimum Gasteiger partial charge on any atom is -0.477 e. The first-order chi connectivity index (χ1) is 7.23. The van der Waals surface area contributed by atoms with E-state index in [4.69, 9.17) is 16.7 Å². The van der Waals surface area contributed by atoms with E-state index in [0.29, 0.717) is 0 Å². The second-order valence-corrected chi connectivity index (χ2v) is 3.59. The molecule has 1 rings (SSSR count). The fourth-order valence-corrected chi connectivity index (χ4v) is 1.55. The molecule has 5 N–H and O–H groups in total. The van der Waals surface area contributed by atoms with E-state index in [2.05, 4.69) is 0 Å². The molecule has 92 valence electrons. The highest BCUT2D eigenvalue weighted by Gasteiger charge is 2.43. The monoisotopic (exact) mass is 239 g/mol. The van der Waals surface area contributed by atoms with Crippen LogP contribution in [-0.4, -0.2) is 28.8 Å². The molecule has 1 unspecified atom stereocenters. The summed E-state index contributed by atoms with van der Waals surface area (Å²) in [5.41, 5.74) is 4.38. The molecule has 1 aliphatic rings. The lowest BCUT2D eigenvalue weighted by Crippen LogP contribution is -2.43. The lowest BCUT2D eigenvalue weighted by molar-refractivity contribution is -0.181. The van der Waals surface area contributed by atoms with Crippen LogP contribution in [0.1, 0.15) is 12.8 Å². The molecule has 1 fully saturated rings. The summed E-state index contributed by atoms with van der Waals surface area (Å²) < 4.78 is 37.3. The molecular weight excluding hydrogens is 227 g/mol. The van der Waals surface area contributed by atoms with Crippen molar-refractivity contribution in [2.75, 3.05) is 6.54 Å². The highest BCUT2D eigenvalue weighted by Crippen LogP contribution is 2.37. The Hall–Kier alpha value is -1.44. The number of hydrogen-bond acceptors (Lipinski definition) is 4. The first-order valence-electron chi connectivity index (χ1n) is 4.54. The molecule has 0 radical (unpaired) electrons. The molecule has 16 heavy (non-hydrogen) atoms. The third-order valence-electron chi connectivity index (χ3n) is 2.51. The second kappa shape index (κ2) is 4.20. The fraction of sp³-hybridized carbons (Fsp3) is 0.625. The molecule has 0 aromatic heterocycles. The maximum Gasteiger partial charge on any atom is 0.392 e. The molecule has 0 amide bonds. The van der Waals surface area contributed by atoms with Gasteiger partial charge in [-0.05, 0) is 6.42 Å². The predicted octanol–water partition coefficient (Wildman–Crippen LogP) is 0.389. The molecule has 0 aromatic carbocycles. The van der Waals surface area contributed by atoms with Crippen molar-refractivity contribution in [3.05, 3.63) is 11.4 Å². The van der Waals surface area contributed by atoms with Crippen molar-refractivity contribution in [2.45, 2.75) is 19.0 Å². The number of hydrazine groups is 1. The maximum atomic E-state index is 12.4. The van der Waals surface area contributed by atoms with E-state index in [9.17, 15) is 18.0 Å². The molecule has 5 nitrogen and oxygen atoms in total. The van der Waals surface area contributed by atoms with Gasteiger partial charge in [0.1, 0.15) is 5.70 Å². The molecule has 1 atom stereocenters. The van der Waals surface area contributed by atoms with Crippen LogP contribution in [-0.2, 0) is 4.79 Å². The zero-order chi connectivity index (χ0) is 12.5. The highest BCUT2D eigenvalue weighted by atomic mass is 19.4. The number of hydrogen-bond donors (Lipinski definition) is 3. The minimum atomic E-state index is -4.36. The largest absolute Gasteiger partial charge is 0.477 e. The van der Waals surface area contributed by atoms with Gasteiger partial charge in [0.25, 0.3) is 0 Å². The summed E-state index contributed by atoms with van der Waals surface area (Å²) in [6, 6.07) is 0. The van der Waals surface area contributed by atoms with Gasteiger partial charge >= 0.3 is 12.1 Å². The molecule has 0 bridgehead atoms. The van der Waals surface area contributed by atoms with E-state index in [1.807, 2.05) is 0 Å². The number of rotatable bonds is 1. The number of piperidine rings is 1. The van der Waals surface area contributed by atoms with Crippen molar-refractivity contribution >= 4 is 5.97 Å². The van der Waals surface area contributed by atoms with Gasteiger partial charge in [0.15, 0.2) is 0 Å². The van der Waals surface area contributed by atoms with Crippen LogP contribution >= 0.6 is 0 Å². The van der Waals surface area contributed by atoms with Gasteiger partial charge in [-0.25, -0.2) is 10.6 Å². The molecule has 0 aromatic rings. The Bertz CT molecular complexity index is 327. The van der Waals surface area contributed by atoms with Crippen molar-refractivity contribution in [1.29, 1.82) is 0 Å². The normalized spacial score (nSPS) is 25.5. The summed E-state index contributed by atoms with van der Waals surface area (Å²) >= 11 is 0. The van der Waals surface area contributed by atoms with Crippen molar-refractivity contribution in [1.82, 2.24) is 5.01 Å². The fourth-order valence-electron chi connectivity index (χ4n) is 1.55. The molecule has 1 saturated heterocycles. The van der Waals surface area contributed by atoms with Crippen molar-refractivity contribution in [2.24, 2.45) is 17.5 Å². The van der Waals surface area contributed by atoms with Crippen LogP contribution in [0.3, 0.4) is 0 Å². The third-order valence-corrected chi connectivity index (χ3v) is 2.51. The molecular formula is C8H12F3N3O2. The van der Waals surface area contributed by atoms with Gasteiger partial charge in [0.2, 0.25) is 0 Å². The Morgan fingerprint density at radius 3 is 2.50 bits per heavy atom. The van der Waals surface area contributed by atoms with Crippen LogP contribution in [0.2, 0.25) is 0 Å². The number of carbonyl (C=O) groups is 1. The molecule has 1 heterocycles. The van der Waals surface area contributed by atoms with Crippen LogP contribution in [0.15, 0.2) is 11.4 Å². The smallest absolute Gasteiger partial charge is 0.392 e. The van der Waals surface area contributed by atoms with Crippen LogP contribution in [0.5, 0.6) is 0 Å². The van der Waals surface area contributed by atoms with Crippen molar-refractivity contribution in [3.8, 4) is 0 Å². The molecule has 8 heteroatoms. The summed E-state index contributed by atoms with van der Waals surface area (Å²) in [5.74, 6) is 2.34. The van der Waals surface area contributed by atoms with E-state index in [1.165, 1.54) is 0 Å². The van der Waals surface area contributed by atoms with E-state index in [1.54, 1.807) is 0 Å². The molecule has 0 spiro atoms.